The minimum atomic E-state index is -0.645. The van der Waals surface area contributed by atoms with Crippen LogP contribution in [0.3, 0.4) is 0 Å². The number of hydrogen-bond acceptors (Lipinski definition) is 4. The van der Waals surface area contributed by atoms with Crippen molar-refractivity contribution in [1.82, 2.24) is 9.88 Å². The molecule has 1 aromatic heterocycles. The highest BCUT2D eigenvalue weighted by Gasteiger charge is 2.26. The molecule has 0 fully saturated rings. The van der Waals surface area contributed by atoms with E-state index in [9.17, 15) is 9.59 Å². The van der Waals surface area contributed by atoms with Crippen LogP contribution in [-0.4, -0.2) is 28.8 Å². The number of amides is 1. The topological polar surface area (TPSA) is 69.6 Å². The third-order valence-electron chi connectivity index (χ3n) is 6.46. The number of nitrogens with one attached hydrogen (secondary N) is 1. The summed E-state index contributed by atoms with van der Waals surface area (Å²) < 4.78 is 13.0. The zero-order valence-corrected chi connectivity index (χ0v) is 22.7. The summed E-state index contributed by atoms with van der Waals surface area (Å²) in [5, 5.41) is 5.90. The maximum Gasteiger partial charge on any atom is 0.407 e. The Hall–Kier alpha value is -4.58. The zero-order chi connectivity index (χ0) is 27.6. The lowest BCUT2D eigenvalue weighted by molar-refractivity contribution is 0.0502. The number of alkyl carbamates (subject to hydrolysis) is 1. The lowest BCUT2D eigenvalue weighted by Gasteiger charge is -2.20. The monoisotopic (exact) mass is 520 g/mol. The number of nitrogens with zero attached hydrogens (tertiary/aromatic N) is 1. The molecule has 1 N–H and O–H groups in total. The van der Waals surface area contributed by atoms with E-state index in [4.69, 9.17) is 9.47 Å². The number of esters is 1. The molecular weight excluding hydrogens is 488 g/mol. The fourth-order valence-electron chi connectivity index (χ4n) is 4.93. The van der Waals surface area contributed by atoms with Gasteiger partial charge in [0, 0.05) is 11.1 Å². The van der Waals surface area contributed by atoms with Gasteiger partial charge in [0.15, 0.2) is 0 Å². The molecule has 0 unspecified atom stereocenters. The van der Waals surface area contributed by atoms with Crippen molar-refractivity contribution in [2.45, 2.75) is 39.8 Å². The third-order valence-corrected chi connectivity index (χ3v) is 6.46. The van der Waals surface area contributed by atoms with E-state index in [1.807, 2.05) is 79.9 Å². The maximum absolute atomic E-state index is 13.3. The molecule has 5 rings (SSSR count). The molecule has 198 valence electrons. The van der Waals surface area contributed by atoms with Crippen LogP contribution in [0.25, 0.3) is 38.5 Å². The lowest BCUT2D eigenvalue weighted by atomic mass is 9.97. The summed E-state index contributed by atoms with van der Waals surface area (Å²) in [6.45, 7) is 7.54. The van der Waals surface area contributed by atoms with Gasteiger partial charge in [0.25, 0.3) is 0 Å². The normalized spacial score (nSPS) is 11.5. The van der Waals surface area contributed by atoms with Gasteiger partial charge in [-0.1, -0.05) is 72.8 Å². The molecule has 0 saturated carbocycles. The first-order chi connectivity index (χ1) is 18.8. The number of hydrogen-bond donors (Lipinski definition) is 1. The van der Waals surface area contributed by atoms with Gasteiger partial charge in [0.1, 0.15) is 5.60 Å². The molecule has 5 aromatic rings. The van der Waals surface area contributed by atoms with E-state index < -0.39 is 17.7 Å². The molecule has 0 aliphatic carbocycles. The summed E-state index contributed by atoms with van der Waals surface area (Å²) in [5.74, 6) is -0.434. The predicted octanol–water partition coefficient (Wildman–Crippen LogP) is 7.65. The fraction of sp³-hybridized carbons (Fsp3) is 0.212. The number of fused-ring (bicyclic) bond motifs is 2. The van der Waals surface area contributed by atoms with Gasteiger partial charge in [0.05, 0.1) is 29.9 Å². The van der Waals surface area contributed by atoms with Crippen molar-refractivity contribution in [2.75, 3.05) is 6.61 Å². The number of carbonyl (C=O) groups excluding carboxylic acids is 2. The maximum atomic E-state index is 13.3. The van der Waals surface area contributed by atoms with Crippen molar-refractivity contribution >= 4 is 33.7 Å². The summed E-state index contributed by atoms with van der Waals surface area (Å²) in [6.07, 6.45) is -0.557. The summed E-state index contributed by atoms with van der Waals surface area (Å²) >= 11 is 0. The number of rotatable bonds is 6. The zero-order valence-electron chi connectivity index (χ0n) is 22.7. The lowest BCUT2D eigenvalue weighted by Crippen LogP contribution is -2.33. The molecule has 0 radical (unpaired) electrons. The number of carbonyl (C=O) groups is 2. The van der Waals surface area contributed by atoms with E-state index in [-0.39, 0.29) is 13.2 Å². The van der Waals surface area contributed by atoms with E-state index in [0.29, 0.717) is 11.3 Å². The van der Waals surface area contributed by atoms with Gasteiger partial charge in [-0.2, -0.15) is 0 Å². The standard InChI is InChI=1S/C33H32N2O4/c1-5-38-31(36)30-27-19-18-23(26-17-11-13-22-12-9-10-16-25(22)26)20-28(27)35(24-14-7-6-8-15-24)29(30)21-34-32(37)39-33(2,3)4/h6-20H,5,21H2,1-4H3,(H,34,37). The highest BCUT2D eigenvalue weighted by atomic mass is 16.6. The Labute approximate surface area is 228 Å². The van der Waals surface area contributed by atoms with Gasteiger partial charge < -0.3 is 19.4 Å². The highest BCUT2D eigenvalue weighted by molar-refractivity contribution is 6.08. The van der Waals surface area contributed by atoms with E-state index in [0.717, 1.165) is 38.5 Å². The van der Waals surface area contributed by atoms with Crippen LogP contribution in [0.4, 0.5) is 4.79 Å². The summed E-state index contributed by atoms with van der Waals surface area (Å²) in [5.41, 5.74) is 4.24. The Morgan fingerprint density at radius 2 is 1.56 bits per heavy atom. The molecule has 0 aliphatic heterocycles. The van der Waals surface area contributed by atoms with Crippen LogP contribution < -0.4 is 5.32 Å². The molecule has 39 heavy (non-hydrogen) atoms. The minimum absolute atomic E-state index is 0.0796. The molecule has 0 aliphatic rings. The average molecular weight is 521 g/mol. The van der Waals surface area contributed by atoms with E-state index in [2.05, 4.69) is 41.7 Å². The number of benzene rings is 4. The van der Waals surface area contributed by atoms with Crippen LogP contribution in [0.1, 0.15) is 43.7 Å². The molecule has 6 nitrogen and oxygen atoms in total. The van der Waals surface area contributed by atoms with E-state index >= 15 is 0 Å². The van der Waals surface area contributed by atoms with Gasteiger partial charge in [-0.05, 0) is 67.8 Å². The second kappa shape index (κ2) is 10.7. The Balaban J connectivity index is 1.73. The Morgan fingerprint density at radius 3 is 2.31 bits per heavy atom. The second-order valence-electron chi connectivity index (χ2n) is 10.3. The van der Waals surface area contributed by atoms with Crippen molar-refractivity contribution in [3.63, 3.8) is 0 Å². The molecule has 4 aromatic carbocycles. The van der Waals surface area contributed by atoms with Gasteiger partial charge in [-0.25, -0.2) is 9.59 Å². The van der Waals surface area contributed by atoms with Crippen molar-refractivity contribution in [1.29, 1.82) is 0 Å². The summed E-state index contributed by atoms with van der Waals surface area (Å²) in [7, 11) is 0. The van der Waals surface area contributed by atoms with Crippen molar-refractivity contribution < 1.29 is 19.1 Å². The van der Waals surface area contributed by atoms with Gasteiger partial charge in [-0.15, -0.1) is 0 Å². The van der Waals surface area contributed by atoms with Crippen LogP contribution in [-0.2, 0) is 16.0 Å². The Kier molecular flexibility index (Phi) is 7.11. The quantitative estimate of drug-likeness (QED) is 0.234. The molecule has 0 bridgehead atoms. The van der Waals surface area contributed by atoms with Crippen molar-refractivity contribution in [2.24, 2.45) is 0 Å². The van der Waals surface area contributed by atoms with Crippen molar-refractivity contribution in [3.8, 4) is 16.8 Å². The molecule has 0 spiro atoms. The molecule has 6 heteroatoms. The Bertz CT molecular complexity index is 1660. The first-order valence-corrected chi connectivity index (χ1v) is 13.1. The van der Waals surface area contributed by atoms with Crippen LogP contribution in [0, 0.1) is 0 Å². The number of para-hydroxylation sites is 1. The van der Waals surface area contributed by atoms with Crippen LogP contribution in [0.2, 0.25) is 0 Å². The predicted molar refractivity (Wildman–Crippen MR) is 155 cm³/mol. The Morgan fingerprint density at radius 1 is 0.846 bits per heavy atom. The first-order valence-electron chi connectivity index (χ1n) is 13.1. The number of aromatic nitrogens is 1. The molecule has 0 atom stereocenters. The molecule has 0 saturated heterocycles. The third kappa shape index (κ3) is 5.36. The van der Waals surface area contributed by atoms with Gasteiger partial charge in [-0.3, -0.25) is 0 Å². The van der Waals surface area contributed by atoms with Crippen LogP contribution in [0.5, 0.6) is 0 Å². The average Bonchev–Trinajstić information content (AvgIpc) is 3.24. The SMILES string of the molecule is CCOC(=O)c1c(CNC(=O)OC(C)(C)C)n(-c2ccccc2)c2cc(-c3cccc4ccccc34)ccc12. The van der Waals surface area contributed by atoms with E-state index in [1.54, 1.807) is 6.92 Å². The van der Waals surface area contributed by atoms with Gasteiger partial charge in [0.2, 0.25) is 0 Å². The fourth-order valence-corrected chi connectivity index (χ4v) is 4.93. The van der Waals surface area contributed by atoms with Gasteiger partial charge >= 0.3 is 12.1 Å². The molecular formula is C33H32N2O4. The summed E-state index contributed by atoms with van der Waals surface area (Å²) in [6, 6.07) is 30.5. The second-order valence-corrected chi connectivity index (χ2v) is 10.3. The molecule has 1 amide bonds. The van der Waals surface area contributed by atoms with Crippen LogP contribution >= 0.6 is 0 Å². The number of ether oxygens (including phenoxy) is 2. The first kappa shape index (κ1) is 26.0. The minimum Gasteiger partial charge on any atom is -0.462 e. The van der Waals surface area contributed by atoms with Crippen molar-refractivity contribution in [3.05, 3.63) is 102 Å². The highest BCUT2D eigenvalue weighted by Crippen LogP contribution is 2.36. The smallest absolute Gasteiger partial charge is 0.407 e. The molecule has 1 heterocycles. The summed E-state index contributed by atoms with van der Waals surface area (Å²) in [4.78, 5) is 26.0. The van der Waals surface area contributed by atoms with E-state index in [1.165, 1.54) is 0 Å². The largest absolute Gasteiger partial charge is 0.462 e. The van der Waals surface area contributed by atoms with Crippen LogP contribution in [0.15, 0.2) is 91.0 Å².